The normalized spacial score (nSPS) is 13.6. The van der Waals surface area contributed by atoms with Gasteiger partial charge in [0.2, 0.25) is 5.91 Å². The molecule has 0 fully saturated rings. The Kier molecular flexibility index (Phi) is 9.65. The lowest BCUT2D eigenvalue weighted by Gasteiger charge is -2.22. The third-order valence-electron chi connectivity index (χ3n) is 7.82. The van der Waals surface area contributed by atoms with Gasteiger partial charge in [0.25, 0.3) is 15.9 Å². The highest BCUT2D eigenvalue weighted by Crippen LogP contribution is 2.39. The molecule has 0 unspecified atom stereocenters. The summed E-state index contributed by atoms with van der Waals surface area (Å²) in [4.78, 5) is 30.2. The average molecular weight is 624 g/mol. The van der Waals surface area contributed by atoms with Crippen LogP contribution >= 0.6 is 0 Å². The van der Waals surface area contributed by atoms with Crippen molar-refractivity contribution in [3.05, 3.63) is 114 Å². The molecule has 232 valence electrons. The van der Waals surface area contributed by atoms with Gasteiger partial charge in [-0.25, -0.2) is 8.42 Å². The van der Waals surface area contributed by atoms with Crippen LogP contribution in [0.1, 0.15) is 31.4 Å². The van der Waals surface area contributed by atoms with E-state index in [4.69, 9.17) is 0 Å². The number of hydrogen-bond acceptors (Lipinski definition) is 6. The maximum atomic E-state index is 13.4. The van der Waals surface area contributed by atoms with E-state index in [1.54, 1.807) is 48.3 Å². The molecule has 10 heteroatoms. The molecule has 1 aliphatic heterocycles. The van der Waals surface area contributed by atoms with Gasteiger partial charge < -0.3 is 20.4 Å². The molecule has 1 heterocycles. The fourth-order valence-electron chi connectivity index (χ4n) is 5.18. The minimum atomic E-state index is -3.92. The van der Waals surface area contributed by atoms with Crippen LogP contribution in [0.4, 0.5) is 22.7 Å². The van der Waals surface area contributed by atoms with Crippen molar-refractivity contribution >= 4 is 55.9 Å². The van der Waals surface area contributed by atoms with Crippen LogP contribution in [0.25, 0.3) is 11.3 Å². The number of anilines is 4. The van der Waals surface area contributed by atoms with Gasteiger partial charge in [-0.2, -0.15) is 0 Å². The minimum absolute atomic E-state index is 0.0291. The van der Waals surface area contributed by atoms with Gasteiger partial charge in [-0.05, 0) is 73.3 Å². The van der Waals surface area contributed by atoms with Crippen molar-refractivity contribution in [1.82, 2.24) is 4.90 Å². The maximum absolute atomic E-state index is 13.4. The van der Waals surface area contributed by atoms with E-state index in [0.717, 1.165) is 24.3 Å². The van der Waals surface area contributed by atoms with Gasteiger partial charge in [0.05, 0.1) is 16.2 Å². The molecule has 0 bridgehead atoms. The lowest BCUT2D eigenvalue weighted by atomic mass is 10.00. The summed E-state index contributed by atoms with van der Waals surface area (Å²) in [6.07, 6.45) is 0.426. The Hall–Kier alpha value is -4.93. The Morgan fingerprint density at radius 2 is 1.47 bits per heavy atom. The molecule has 5 rings (SSSR count). The third kappa shape index (κ3) is 7.25. The van der Waals surface area contributed by atoms with Gasteiger partial charge in [-0.3, -0.25) is 14.3 Å². The molecule has 0 atom stereocenters. The molecule has 0 radical (unpaired) electrons. The maximum Gasteiger partial charge on any atom is 0.261 e. The topological polar surface area (TPSA) is 111 Å². The molecule has 0 saturated carbocycles. The Morgan fingerprint density at radius 1 is 0.822 bits per heavy atom. The summed E-state index contributed by atoms with van der Waals surface area (Å²) in [5, 5.41) is 6.28. The van der Waals surface area contributed by atoms with E-state index in [1.165, 1.54) is 12.1 Å². The van der Waals surface area contributed by atoms with Crippen molar-refractivity contribution in [2.45, 2.75) is 25.2 Å². The lowest BCUT2D eigenvalue weighted by Crippen LogP contribution is -2.32. The molecule has 0 aromatic heterocycles. The first-order valence-electron chi connectivity index (χ1n) is 14.9. The number of hydrogen-bond donors (Lipinski definition) is 3. The Balaban J connectivity index is 1.46. The second-order valence-corrected chi connectivity index (χ2v) is 12.3. The molecule has 9 nitrogen and oxygen atoms in total. The first-order valence-corrected chi connectivity index (χ1v) is 16.4. The van der Waals surface area contributed by atoms with Crippen molar-refractivity contribution in [2.75, 3.05) is 46.9 Å². The number of rotatable bonds is 12. The fourth-order valence-corrected chi connectivity index (χ4v) is 6.27. The van der Waals surface area contributed by atoms with Crippen molar-refractivity contribution in [1.29, 1.82) is 0 Å². The second kappa shape index (κ2) is 13.8. The van der Waals surface area contributed by atoms with Crippen LogP contribution in [-0.2, 0) is 19.6 Å². The highest BCUT2D eigenvalue weighted by atomic mass is 32.2. The van der Waals surface area contributed by atoms with E-state index in [2.05, 4.69) is 34.1 Å². The molecule has 45 heavy (non-hydrogen) atoms. The van der Waals surface area contributed by atoms with Crippen molar-refractivity contribution < 1.29 is 18.0 Å². The zero-order chi connectivity index (χ0) is 32.0. The van der Waals surface area contributed by atoms with Crippen molar-refractivity contribution in [2.24, 2.45) is 0 Å². The molecule has 4 aromatic rings. The van der Waals surface area contributed by atoms with Gasteiger partial charge in [-0.1, -0.05) is 62.4 Å². The summed E-state index contributed by atoms with van der Waals surface area (Å²) in [5.74, 6) is -0.321. The van der Waals surface area contributed by atoms with Gasteiger partial charge in [-0.15, -0.1) is 0 Å². The van der Waals surface area contributed by atoms with Crippen LogP contribution in [0, 0.1) is 0 Å². The van der Waals surface area contributed by atoms with Crippen LogP contribution in [-0.4, -0.2) is 51.8 Å². The van der Waals surface area contributed by atoms with Crippen LogP contribution < -0.4 is 20.3 Å². The number of para-hydroxylation sites is 1. The third-order valence-corrected chi connectivity index (χ3v) is 9.20. The first-order chi connectivity index (χ1) is 21.7. The minimum Gasteiger partial charge on any atom is -0.354 e. The lowest BCUT2D eigenvalue weighted by molar-refractivity contribution is -0.118. The summed E-state index contributed by atoms with van der Waals surface area (Å²) in [5.41, 5.74) is 4.47. The monoisotopic (exact) mass is 623 g/mol. The highest BCUT2D eigenvalue weighted by molar-refractivity contribution is 7.92. The quantitative estimate of drug-likeness (QED) is 0.164. The number of amides is 2. The van der Waals surface area contributed by atoms with Gasteiger partial charge in [0, 0.05) is 48.3 Å². The molecule has 3 N–H and O–H groups in total. The number of benzene rings is 4. The number of carbonyl (C=O) groups excluding carboxylic acids is 2. The summed E-state index contributed by atoms with van der Waals surface area (Å²) < 4.78 is 29.2. The number of fused-ring (bicyclic) bond motifs is 1. The van der Waals surface area contributed by atoms with E-state index < -0.39 is 10.0 Å². The Labute approximate surface area is 264 Å². The van der Waals surface area contributed by atoms with Crippen LogP contribution in [0.3, 0.4) is 0 Å². The number of nitrogens with one attached hydrogen (secondary N) is 3. The zero-order valence-electron chi connectivity index (χ0n) is 25.6. The second-order valence-electron chi connectivity index (χ2n) is 10.7. The predicted molar refractivity (Wildman–Crippen MR) is 181 cm³/mol. The van der Waals surface area contributed by atoms with E-state index in [9.17, 15) is 18.0 Å². The number of nitrogens with zero attached hydrogens (tertiary/aromatic N) is 2. The van der Waals surface area contributed by atoms with Gasteiger partial charge in [0.1, 0.15) is 0 Å². The number of carbonyl (C=O) groups is 2. The average Bonchev–Trinajstić information content (AvgIpc) is 3.39. The van der Waals surface area contributed by atoms with Gasteiger partial charge in [0.15, 0.2) is 0 Å². The van der Waals surface area contributed by atoms with Crippen molar-refractivity contribution in [3.8, 4) is 0 Å². The zero-order valence-corrected chi connectivity index (χ0v) is 26.4. The molecule has 0 saturated heterocycles. The summed E-state index contributed by atoms with van der Waals surface area (Å²) in [6.45, 7) is 6.67. The molecule has 0 spiro atoms. The SMILES string of the molecule is CCN(CC)CCC(=O)N(C)c1ccc(NC(=C2C(=O)Nc3ccc(S(=O)(=O)Nc4ccccc4)cc32)c2ccccc2)cc1. The smallest absolute Gasteiger partial charge is 0.261 e. The Bertz CT molecular complexity index is 1800. The van der Waals surface area contributed by atoms with Crippen molar-refractivity contribution in [3.63, 3.8) is 0 Å². The number of sulfonamides is 1. The largest absolute Gasteiger partial charge is 0.354 e. The summed E-state index contributed by atoms with van der Waals surface area (Å²) >= 11 is 0. The standard InChI is InChI=1S/C35H37N5O4S/c1-4-40(5-2)23-22-32(41)39(3)28-18-16-26(17-19-28)36-34(25-12-8-6-9-13-25)33-30-24-29(20-21-31(30)37-35(33)42)45(43,44)38-27-14-10-7-11-15-27/h6-21,24,36,38H,4-5,22-23H2,1-3H3,(H,37,42). The molecular weight excluding hydrogens is 586 g/mol. The van der Waals surface area contributed by atoms with E-state index in [-0.39, 0.29) is 16.7 Å². The molecule has 2 amide bonds. The Morgan fingerprint density at radius 3 is 2.11 bits per heavy atom. The van der Waals surface area contributed by atoms with E-state index >= 15 is 0 Å². The van der Waals surface area contributed by atoms with E-state index in [0.29, 0.717) is 46.9 Å². The van der Waals surface area contributed by atoms with Gasteiger partial charge >= 0.3 is 0 Å². The molecule has 4 aromatic carbocycles. The predicted octanol–water partition coefficient (Wildman–Crippen LogP) is 6.11. The van der Waals surface area contributed by atoms with Crippen LogP contribution in [0.2, 0.25) is 0 Å². The molecule has 0 aliphatic carbocycles. The summed E-state index contributed by atoms with van der Waals surface area (Å²) in [7, 11) is -2.16. The summed E-state index contributed by atoms with van der Waals surface area (Å²) in [6, 6.07) is 30.0. The molecule has 1 aliphatic rings. The molecular formula is C35H37N5O4S. The fraction of sp³-hybridized carbons (Fsp3) is 0.200. The highest BCUT2D eigenvalue weighted by Gasteiger charge is 2.30. The van der Waals surface area contributed by atoms with Crippen LogP contribution in [0.15, 0.2) is 108 Å². The first kappa shape index (κ1) is 31.5. The van der Waals surface area contributed by atoms with E-state index in [1.807, 2.05) is 54.6 Å². The van der Waals surface area contributed by atoms with Crippen LogP contribution in [0.5, 0.6) is 0 Å².